The molecule has 8 heteroatoms. The molecule has 23 heavy (non-hydrogen) atoms. The Balaban J connectivity index is 2.25. The molecule has 2 rings (SSSR count). The maximum absolute atomic E-state index is 12.5. The molecule has 0 fully saturated rings. The molecule has 0 aliphatic heterocycles. The number of hydrogen-bond acceptors (Lipinski definition) is 4. The molecule has 1 amide bonds. The van der Waals surface area contributed by atoms with E-state index in [1.807, 2.05) is 0 Å². The molecule has 0 saturated carbocycles. The summed E-state index contributed by atoms with van der Waals surface area (Å²) in [6, 6.07) is 9.28. The standard InChI is InChI=1S/C15H17BrN2O4S/c1-3-18(4-2)23(20,21)12-7-5-6-11(10-12)17-15(19)13-8-9-14(16)22-13/h5-10H,3-4H2,1-2H3,(H,17,19). The van der Waals surface area contributed by atoms with Crippen LogP contribution in [0.2, 0.25) is 0 Å². The monoisotopic (exact) mass is 400 g/mol. The van der Waals surface area contributed by atoms with Crippen LogP contribution in [0.1, 0.15) is 24.4 Å². The van der Waals surface area contributed by atoms with Crippen LogP contribution in [0.4, 0.5) is 5.69 Å². The molecule has 0 aliphatic carbocycles. The van der Waals surface area contributed by atoms with Crippen molar-refractivity contribution in [2.45, 2.75) is 18.7 Å². The van der Waals surface area contributed by atoms with Crippen LogP contribution in [0.15, 0.2) is 50.4 Å². The number of nitrogens with one attached hydrogen (secondary N) is 1. The molecule has 124 valence electrons. The zero-order chi connectivity index (χ0) is 17.0. The molecule has 0 aliphatic rings. The van der Waals surface area contributed by atoms with E-state index in [2.05, 4.69) is 21.2 Å². The highest BCUT2D eigenvalue weighted by Crippen LogP contribution is 2.21. The van der Waals surface area contributed by atoms with E-state index in [-0.39, 0.29) is 10.7 Å². The molecule has 0 radical (unpaired) electrons. The predicted molar refractivity (Wildman–Crippen MR) is 90.9 cm³/mol. The summed E-state index contributed by atoms with van der Waals surface area (Å²) in [6.45, 7) is 4.33. The first-order valence-corrected chi connectivity index (χ1v) is 9.28. The molecule has 0 spiro atoms. The Kier molecular flexibility index (Phi) is 5.61. The number of rotatable bonds is 6. The van der Waals surface area contributed by atoms with Gasteiger partial charge in [-0.3, -0.25) is 4.79 Å². The minimum absolute atomic E-state index is 0.133. The minimum Gasteiger partial charge on any atom is -0.444 e. The maximum atomic E-state index is 12.5. The fourth-order valence-corrected chi connectivity index (χ4v) is 3.89. The van der Waals surface area contributed by atoms with Gasteiger partial charge < -0.3 is 9.73 Å². The quantitative estimate of drug-likeness (QED) is 0.806. The van der Waals surface area contributed by atoms with E-state index in [1.165, 1.54) is 22.5 Å². The lowest BCUT2D eigenvalue weighted by atomic mass is 10.3. The van der Waals surface area contributed by atoms with Gasteiger partial charge in [0.05, 0.1) is 4.90 Å². The molecule has 0 saturated heterocycles. The van der Waals surface area contributed by atoms with Gasteiger partial charge in [-0.15, -0.1) is 0 Å². The Labute approximate surface area is 143 Å². The maximum Gasteiger partial charge on any atom is 0.291 e. The summed E-state index contributed by atoms with van der Waals surface area (Å²) in [5, 5.41) is 2.62. The molecule has 0 unspecified atom stereocenters. The van der Waals surface area contributed by atoms with Gasteiger partial charge in [0.2, 0.25) is 10.0 Å². The molecule has 1 aromatic carbocycles. The SMILES string of the molecule is CCN(CC)S(=O)(=O)c1cccc(NC(=O)c2ccc(Br)o2)c1. The van der Waals surface area contributed by atoms with E-state index in [9.17, 15) is 13.2 Å². The van der Waals surface area contributed by atoms with Crippen LogP contribution < -0.4 is 5.32 Å². The fourth-order valence-electron chi connectivity index (χ4n) is 2.08. The largest absolute Gasteiger partial charge is 0.444 e. The van der Waals surface area contributed by atoms with Crippen LogP contribution in [0.25, 0.3) is 0 Å². The number of carbonyl (C=O) groups is 1. The number of hydrogen-bond donors (Lipinski definition) is 1. The summed E-state index contributed by atoms with van der Waals surface area (Å²) < 4.78 is 32.0. The first-order valence-electron chi connectivity index (χ1n) is 7.05. The van der Waals surface area contributed by atoms with Gasteiger partial charge in [0, 0.05) is 18.8 Å². The molecule has 0 bridgehead atoms. The van der Waals surface area contributed by atoms with Gasteiger partial charge in [-0.1, -0.05) is 19.9 Å². The average molecular weight is 401 g/mol. The Hall–Kier alpha value is -1.64. The van der Waals surface area contributed by atoms with Crippen molar-refractivity contribution in [2.24, 2.45) is 0 Å². The Morgan fingerprint density at radius 1 is 1.22 bits per heavy atom. The Morgan fingerprint density at radius 2 is 1.91 bits per heavy atom. The van der Waals surface area contributed by atoms with Crippen LogP contribution in [0.5, 0.6) is 0 Å². The first kappa shape index (κ1) is 17.7. The first-order chi connectivity index (χ1) is 10.9. The van der Waals surface area contributed by atoms with Crippen molar-refractivity contribution < 1.29 is 17.6 Å². The van der Waals surface area contributed by atoms with E-state index in [0.717, 1.165) is 0 Å². The summed E-state index contributed by atoms with van der Waals surface area (Å²) in [6.07, 6.45) is 0. The Bertz CT molecular complexity index is 797. The van der Waals surface area contributed by atoms with Crippen LogP contribution >= 0.6 is 15.9 Å². The number of nitrogens with zero attached hydrogens (tertiary/aromatic N) is 1. The highest BCUT2D eigenvalue weighted by Gasteiger charge is 2.22. The van der Waals surface area contributed by atoms with Gasteiger partial charge in [0.1, 0.15) is 0 Å². The number of furan rings is 1. The van der Waals surface area contributed by atoms with Crippen molar-refractivity contribution in [3.8, 4) is 0 Å². The third-order valence-corrected chi connectivity index (χ3v) is 5.70. The lowest BCUT2D eigenvalue weighted by Crippen LogP contribution is -2.30. The lowest BCUT2D eigenvalue weighted by molar-refractivity contribution is 0.0995. The van der Waals surface area contributed by atoms with E-state index >= 15 is 0 Å². The summed E-state index contributed by atoms with van der Waals surface area (Å²) >= 11 is 3.12. The lowest BCUT2D eigenvalue weighted by Gasteiger charge is -2.18. The number of halogens is 1. The second kappa shape index (κ2) is 7.29. The zero-order valence-corrected chi connectivity index (χ0v) is 15.1. The summed E-state index contributed by atoms with van der Waals surface area (Å²) in [7, 11) is -3.57. The molecular formula is C15H17BrN2O4S. The van der Waals surface area contributed by atoms with Crippen molar-refractivity contribution in [1.82, 2.24) is 4.31 Å². The molecule has 1 aromatic heterocycles. The number of anilines is 1. The second-order valence-corrected chi connectivity index (χ2v) is 7.39. The normalized spacial score (nSPS) is 11.7. The molecule has 0 atom stereocenters. The van der Waals surface area contributed by atoms with Crippen LogP contribution in [0, 0.1) is 0 Å². The molecule has 6 nitrogen and oxygen atoms in total. The van der Waals surface area contributed by atoms with Gasteiger partial charge in [-0.25, -0.2) is 8.42 Å². The Morgan fingerprint density at radius 3 is 2.48 bits per heavy atom. The van der Waals surface area contributed by atoms with E-state index in [1.54, 1.807) is 32.0 Å². The molecule has 2 aromatic rings. The van der Waals surface area contributed by atoms with Gasteiger partial charge in [-0.05, 0) is 46.3 Å². The number of amides is 1. The van der Waals surface area contributed by atoms with E-state index in [0.29, 0.717) is 23.4 Å². The van der Waals surface area contributed by atoms with Gasteiger partial charge in [0.25, 0.3) is 5.91 Å². The van der Waals surface area contributed by atoms with Crippen molar-refractivity contribution in [3.05, 3.63) is 46.8 Å². The van der Waals surface area contributed by atoms with Crippen molar-refractivity contribution in [3.63, 3.8) is 0 Å². The molecule has 1 N–H and O–H groups in total. The van der Waals surface area contributed by atoms with Crippen LogP contribution in [-0.2, 0) is 10.0 Å². The smallest absolute Gasteiger partial charge is 0.291 e. The van der Waals surface area contributed by atoms with Crippen molar-refractivity contribution >= 4 is 37.5 Å². The fraction of sp³-hybridized carbons (Fsp3) is 0.267. The van der Waals surface area contributed by atoms with Crippen LogP contribution in [-0.4, -0.2) is 31.7 Å². The van der Waals surface area contributed by atoms with E-state index in [4.69, 9.17) is 4.42 Å². The second-order valence-electron chi connectivity index (χ2n) is 4.68. The average Bonchev–Trinajstić information content (AvgIpc) is 2.95. The van der Waals surface area contributed by atoms with Gasteiger partial charge in [0.15, 0.2) is 10.4 Å². The topological polar surface area (TPSA) is 79.6 Å². The molecule has 1 heterocycles. The number of carbonyl (C=O) groups excluding carboxylic acids is 1. The third kappa shape index (κ3) is 4.01. The predicted octanol–water partition coefficient (Wildman–Crippen LogP) is 3.32. The third-order valence-electron chi connectivity index (χ3n) is 3.23. The highest BCUT2D eigenvalue weighted by molar-refractivity contribution is 9.10. The molecular weight excluding hydrogens is 384 g/mol. The number of benzene rings is 1. The van der Waals surface area contributed by atoms with Gasteiger partial charge in [-0.2, -0.15) is 4.31 Å². The summed E-state index contributed by atoms with van der Waals surface area (Å²) in [5.74, 6) is -0.318. The van der Waals surface area contributed by atoms with Crippen molar-refractivity contribution in [1.29, 1.82) is 0 Å². The number of sulfonamides is 1. The zero-order valence-electron chi connectivity index (χ0n) is 12.7. The van der Waals surface area contributed by atoms with Crippen LogP contribution in [0.3, 0.4) is 0 Å². The minimum atomic E-state index is -3.57. The van der Waals surface area contributed by atoms with Crippen molar-refractivity contribution in [2.75, 3.05) is 18.4 Å². The summed E-state index contributed by atoms with van der Waals surface area (Å²) in [4.78, 5) is 12.2. The van der Waals surface area contributed by atoms with E-state index < -0.39 is 15.9 Å². The van der Waals surface area contributed by atoms with Gasteiger partial charge >= 0.3 is 0 Å². The summed E-state index contributed by atoms with van der Waals surface area (Å²) in [5.41, 5.74) is 0.385. The highest BCUT2D eigenvalue weighted by atomic mass is 79.9.